The van der Waals surface area contributed by atoms with Crippen LogP contribution in [-0.2, 0) is 18.1 Å². The molecule has 0 saturated heterocycles. The van der Waals surface area contributed by atoms with Gasteiger partial charge in [-0.2, -0.15) is 10.2 Å². The number of nitrogens with one attached hydrogen (secondary N) is 1. The van der Waals surface area contributed by atoms with Crippen molar-refractivity contribution >= 4 is 29.2 Å². The van der Waals surface area contributed by atoms with Gasteiger partial charge < -0.3 is 15.2 Å². The Morgan fingerprint density at radius 3 is 2.47 bits per heavy atom. The number of ether oxygens (including phenoxy) is 1. The molecule has 9 nitrogen and oxygen atoms in total. The number of amides is 1. The van der Waals surface area contributed by atoms with Crippen molar-refractivity contribution < 1.29 is 19.4 Å². The molecular weight excluding hydrogens is 410 g/mol. The molecule has 158 valence electrons. The molecule has 0 saturated carbocycles. The number of nitrogens with zero attached hydrogens (tertiary/aromatic N) is 4. The molecular formula is C20H22ClN5O4. The fourth-order valence-electron chi connectivity index (χ4n) is 3.09. The SMILES string of the molecule is Cc1cc(OCn2nc(C)c(NC(=O)c3ccnn3CC(=O)O)c2C)cc(C)c1Cl. The lowest BCUT2D eigenvalue weighted by Crippen LogP contribution is -2.21. The maximum atomic E-state index is 12.6. The minimum absolute atomic E-state index is 0.146. The quantitative estimate of drug-likeness (QED) is 0.593. The summed E-state index contributed by atoms with van der Waals surface area (Å²) in [7, 11) is 0. The van der Waals surface area contributed by atoms with Gasteiger partial charge in [0.15, 0.2) is 6.73 Å². The number of hydrogen-bond acceptors (Lipinski definition) is 5. The monoisotopic (exact) mass is 431 g/mol. The number of hydrogen-bond donors (Lipinski definition) is 2. The number of carbonyl (C=O) groups is 2. The minimum Gasteiger partial charge on any atom is -0.480 e. The van der Waals surface area contributed by atoms with Crippen LogP contribution in [0.1, 0.15) is 33.0 Å². The van der Waals surface area contributed by atoms with Crippen molar-refractivity contribution in [1.82, 2.24) is 19.6 Å². The van der Waals surface area contributed by atoms with Crippen LogP contribution in [-0.4, -0.2) is 36.5 Å². The third-order valence-corrected chi connectivity index (χ3v) is 5.21. The molecule has 0 radical (unpaired) electrons. The zero-order chi connectivity index (χ0) is 22.0. The fraction of sp³-hybridized carbons (Fsp3) is 0.300. The number of carboxylic acids is 1. The van der Waals surface area contributed by atoms with E-state index in [-0.39, 0.29) is 12.4 Å². The van der Waals surface area contributed by atoms with Crippen LogP contribution in [0.5, 0.6) is 5.75 Å². The molecule has 0 spiro atoms. The Bertz CT molecular complexity index is 1100. The first-order valence-electron chi connectivity index (χ1n) is 9.16. The van der Waals surface area contributed by atoms with Crippen LogP contribution in [0.2, 0.25) is 5.02 Å². The number of aliphatic carboxylic acids is 1. The summed E-state index contributed by atoms with van der Waals surface area (Å²) in [6.45, 7) is 7.15. The molecule has 3 aromatic rings. The summed E-state index contributed by atoms with van der Waals surface area (Å²) < 4.78 is 8.61. The molecule has 30 heavy (non-hydrogen) atoms. The number of aromatic nitrogens is 4. The summed E-state index contributed by atoms with van der Waals surface area (Å²) in [6.07, 6.45) is 1.38. The second kappa shape index (κ2) is 8.58. The van der Waals surface area contributed by atoms with E-state index in [4.69, 9.17) is 21.4 Å². The molecule has 2 heterocycles. The van der Waals surface area contributed by atoms with Gasteiger partial charge in [-0.3, -0.25) is 9.59 Å². The van der Waals surface area contributed by atoms with Gasteiger partial charge in [-0.25, -0.2) is 9.36 Å². The molecule has 2 aromatic heterocycles. The summed E-state index contributed by atoms with van der Waals surface area (Å²) in [5, 5.41) is 20.8. The zero-order valence-electron chi connectivity index (χ0n) is 17.1. The highest BCUT2D eigenvalue weighted by Crippen LogP contribution is 2.26. The van der Waals surface area contributed by atoms with Crippen molar-refractivity contribution in [3.63, 3.8) is 0 Å². The first-order chi connectivity index (χ1) is 14.2. The first-order valence-corrected chi connectivity index (χ1v) is 9.53. The summed E-state index contributed by atoms with van der Waals surface area (Å²) in [6, 6.07) is 5.17. The number of anilines is 1. The van der Waals surface area contributed by atoms with Crippen LogP contribution >= 0.6 is 11.6 Å². The fourth-order valence-corrected chi connectivity index (χ4v) is 3.20. The molecule has 2 N–H and O–H groups in total. The largest absolute Gasteiger partial charge is 0.480 e. The number of halogens is 1. The normalized spacial score (nSPS) is 10.8. The van der Waals surface area contributed by atoms with Crippen LogP contribution in [0.15, 0.2) is 24.4 Å². The predicted molar refractivity (Wildman–Crippen MR) is 111 cm³/mol. The molecule has 0 aliphatic rings. The smallest absolute Gasteiger partial charge is 0.325 e. The molecule has 0 atom stereocenters. The van der Waals surface area contributed by atoms with Gasteiger partial charge in [-0.15, -0.1) is 0 Å². The molecule has 0 fully saturated rings. The van der Waals surface area contributed by atoms with Crippen molar-refractivity contribution in [2.45, 2.75) is 41.0 Å². The van der Waals surface area contributed by atoms with Crippen LogP contribution in [0, 0.1) is 27.7 Å². The molecule has 0 bridgehead atoms. The standard InChI is InChI=1S/C20H22ClN5O4/c1-11-7-15(8-12(2)18(11)21)30-10-26-14(4)19(13(3)24-26)23-20(29)16-5-6-22-25(16)9-17(27)28/h5-8H,9-10H2,1-4H3,(H,23,29)(H,27,28). The third-order valence-electron chi connectivity index (χ3n) is 4.62. The van der Waals surface area contributed by atoms with Gasteiger partial charge in [-0.1, -0.05) is 11.6 Å². The van der Waals surface area contributed by atoms with Gasteiger partial charge in [0.25, 0.3) is 5.91 Å². The Kier molecular flexibility index (Phi) is 6.12. The van der Waals surface area contributed by atoms with E-state index in [9.17, 15) is 9.59 Å². The number of carbonyl (C=O) groups excluding carboxylic acids is 1. The van der Waals surface area contributed by atoms with Crippen molar-refractivity contribution in [2.24, 2.45) is 0 Å². The molecule has 0 aliphatic carbocycles. The van der Waals surface area contributed by atoms with E-state index in [1.165, 1.54) is 12.3 Å². The van der Waals surface area contributed by atoms with Crippen LogP contribution in [0.25, 0.3) is 0 Å². The molecule has 1 aromatic carbocycles. The lowest BCUT2D eigenvalue weighted by Gasteiger charge is -2.11. The molecule has 0 aliphatic heterocycles. The Hall–Kier alpha value is -3.33. The highest BCUT2D eigenvalue weighted by molar-refractivity contribution is 6.32. The summed E-state index contributed by atoms with van der Waals surface area (Å²) >= 11 is 6.19. The topological polar surface area (TPSA) is 111 Å². The third kappa shape index (κ3) is 4.46. The van der Waals surface area contributed by atoms with E-state index >= 15 is 0 Å². The Morgan fingerprint density at radius 1 is 1.17 bits per heavy atom. The van der Waals surface area contributed by atoms with Crippen LogP contribution in [0.4, 0.5) is 5.69 Å². The lowest BCUT2D eigenvalue weighted by molar-refractivity contribution is -0.137. The van der Waals surface area contributed by atoms with E-state index in [1.807, 2.05) is 32.9 Å². The maximum Gasteiger partial charge on any atom is 0.325 e. The molecule has 10 heteroatoms. The Morgan fingerprint density at radius 2 is 1.83 bits per heavy atom. The molecule has 3 rings (SSSR count). The predicted octanol–water partition coefficient (Wildman–Crippen LogP) is 3.34. The Balaban J connectivity index is 1.75. The molecule has 1 amide bonds. The van der Waals surface area contributed by atoms with Gasteiger partial charge in [0.2, 0.25) is 0 Å². The second-order valence-electron chi connectivity index (χ2n) is 6.91. The van der Waals surface area contributed by atoms with Crippen molar-refractivity contribution in [2.75, 3.05) is 5.32 Å². The highest BCUT2D eigenvalue weighted by atomic mass is 35.5. The second-order valence-corrected chi connectivity index (χ2v) is 7.29. The van der Waals surface area contributed by atoms with Gasteiger partial charge in [0, 0.05) is 11.2 Å². The average molecular weight is 432 g/mol. The van der Waals surface area contributed by atoms with Crippen LogP contribution < -0.4 is 10.1 Å². The number of aryl methyl sites for hydroxylation is 3. The van der Waals surface area contributed by atoms with Crippen molar-refractivity contribution in [3.05, 3.63) is 57.6 Å². The number of benzene rings is 1. The number of rotatable bonds is 7. The van der Waals surface area contributed by atoms with Crippen molar-refractivity contribution in [1.29, 1.82) is 0 Å². The van der Waals surface area contributed by atoms with E-state index in [0.717, 1.165) is 15.8 Å². The summed E-state index contributed by atoms with van der Waals surface area (Å²) in [5.41, 5.74) is 3.84. The zero-order valence-corrected chi connectivity index (χ0v) is 17.8. The van der Waals surface area contributed by atoms with Gasteiger partial charge in [-0.05, 0) is 57.0 Å². The Labute approximate surface area is 178 Å². The molecule has 0 unspecified atom stereocenters. The highest BCUT2D eigenvalue weighted by Gasteiger charge is 2.19. The maximum absolute atomic E-state index is 12.6. The van der Waals surface area contributed by atoms with E-state index < -0.39 is 18.4 Å². The average Bonchev–Trinajstić information content (AvgIpc) is 3.23. The summed E-state index contributed by atoms with van der Waals surface area (Å²) in [4.78, 5) is 23.6. The van der Waals surface area contributed by atoms with Gasteiger partial charge in [0.05, 0.1) is 17.1 Å². The van der Waals surface area contributed by atoms with Gasteiger partial charge >= 0.3 is 5.97 Å². The van der Waals surface area contributed by atoms with E-state index in [1.54, 1.807) is 11.6 Å². The lowest BCUT2D eigenvalue weighted by atomic mass is 10.1. The van der Waals surface area contributed by atoms with Crippen molar-refractivity contribution in [3.8, 4) is 5.75 Å². The summed E-state index contributed by atoms with van der Waals surface area (Å²) in [5.74, 6) is -0.882. The van der Waals surface area contributed by atoms with E-state index in [2.05, 4.69) is 15.5 Å². The number of carboxylic acid groups (broad SMARTS) is 1. The van der Waals surface area contributed by atoms with Crippen LogP contribution in [0.3, 0.4) is 0 Å². The van der Waals surface area contributed by atoms with Gasteiger partial charge in [0.1, 0.15) is 18.0 Å². The van der Waals surface area contributed by atoms with E-state index in [0.29, 0.717) is 27.8 Å². The first kappa shape index (κ1) is 21.4. The minimum atomic E-state index is -1.09.